The zero-order valence-electron chi connectivity index (χ0n) is 15.9. The van der Waals surface area contributed by atoms with Crippen molar-refractivity contribution in [3.05, 3.63) is 59.7 Å². The van der Waals surface area contributed by atoms with Crippen molar-refractivity contribution in [1.29, 1.82) is 0 Å². The van der Waals surface area contributed by atoms with E-state index in [0.717, 1.165) is 30.3 Å². The molecule has 0 amide bonds. The third-order valence-corrected chi connectivity index (χ3v) is 5.25. The van der Waals surface area contributed by atoms with Crippen molar-refractivity contribution >= 4 is 17.0 Å². The maximum atomic E-state index is 10.7. The van der Waals surface area contributed by atoms with Crippen molar-refractivity contribution < 1.29 is 14.9 Å². The number of nitrogens with one attached hydrogen (secondary N) is 1. The van der Waals surface area contributed by atoms with Gasteiger partial charge in [0.2, 0.25) is 5.95 Å². The number of fused-ring (bicyclic) bond motifs is 2. The molecule has 28 heavy (non-hydrogen) atoms. The lowest BCUT2D eigenvalue weighted by Gasteiger charge is -2.26. The van der Waals surface area contributed by atoms with Gasteiger partial charge in [-0.05, 0) is 42.5 Å². The van der Waals surface area contributed by atoms with Gasteiger partial charge in [0.1, 0.15) is 0 Å². The first-order chi connectivity index (χ1) is 13.8. The van der Waals surface area contributed by atoms with Crippen LogP contribution in [0.5, 0.6) is 0 Å². The van der Waals surface area contributed by atoms with Crippen LogP contribution < -0.4 is 5.32 Å². The molecular weight excluding hydrogens is 354 g/mol. The first-order valence-electron chi connectivity index (χ1n) is 9.93. The second-order valence-electron chi connectivity index (χ2n) is 7.25. The number of aliphatic hydroxyl groups is 2. The molecule has 4 rings (SSSR count). The van der Waals surface area contributed by atoms with Crippen molar-refractivity contribution in [2.24, 2.45) is 0 Å². The third-order valence-electron chi connectivity index (χ3n) is 5.25. The van der Waals surface area contributed by atoms with Crippen molar-refractivity contribution in [2.75, 3.05) is 25.1 Å². The summed E-state index contributed by atoms with van der Waals surface area (Å²) in [5.41, 5.74) is 4.41. The highest BCUT2D eigenvalue weighted by Crippen LogP contribution is 2.32. The van der Waals surface area contributed by atoms with E-state index < -0.39 is 6.10 Å². The summed E-state index contributed by atoms with van der Waals surface area (Å²) in [5, 5.41) is 22.9. The minimum absolute atomic E-state index is 0.0238. The molecule has 0 saturated carbocycles. The highest BCUT2D eigenvalue weighted by molar-refractivity contribution is 5.78. The van der Waals surface area contributed by atoms with Crippen molar-refractivity contribution in [3.63, 3.8) is 0 Å². The molecule has 1 aliphatic rings. The number of aryl methyl sites for hydroxylation is 1. The molecule has 1 aliphatic carbocycles. The predicted octanol–water partition coefficient (Wildman–Crippen LogP) is 2.90. The summed E-state index contributed by atoms with van der Waals surface area (Å²) in [6, 6.07) is 16.2. The number of hydrogen-bond acceptors (Lipinski definition) is 5. The fourth-order valence-corrected chi connectivity index (χ4v) is 3.94. The molecule has 0 spiro atoms. The number of ether oxygens (including phenoxy) is 1. The highest BCUT2D eigenvalue weighted by atomic mass is 16.5. The maximum absolute atomic E-state index is 10.7. The number of rotatable bonds is 8. The van der Waals surface area contributed by atoms with Crippen molar-refractivity contribution in [1.82, 2.24) is 9.55 Å². The molecule has 2 unspecified atom stereocenters. The average molecular weight is 381 g/mol. The minimum Gasteiger partial charge on any atom is -0.395 e. The van der Waals surface area contributed by atoms with Crippen molar-refractivity contribution in [3.8, 4) is 0 Å². The Kier molecular flexibility index (Phi) is 5.90. The van der Waals surface area contributed by atoms with E-state index in [1.165, 1.54) is 11.1 Å². The van der Waals surface area contributed by atoms with Gasteiger partial charge in [-0.15, -0.1) is 0 Å². The summed E-state index contributed by atoms with van der Waals surface area (Å²) in [7, 11) is 0. The Morgan fingerprint density at radius 3 is 2.89 bits per heavy atom. The van der Waals surface area contributed by atoms with Crippen LogP contribution in [0.3, 0.4) is 0 Å². The first kappa shape index (κ1) is 18.9. The van der Waals surface area contributed by atoms with Crippen LogP contribution in [0, 0.1) is 0 Å². The number of anilines is 1. The molecule has 0 fully saturated rings. The predicted molar refractivity (Wildman–Crippen MR) is 109 cm³/mol. The van der Waals surface area contributed by atoms with E-state index in [-0.39, 0.29) is 19.3 Å². The van der Waals surface area contributed by atoms with Gasteiger partial charge >= 0.3 is 0 Å². The summed E-state index contributed by atoms with van der Waals surface area (Å²) in [5.74, 6) is 0.650. The Bertz CT molecular complexity index is 924. The van der Waals surface area contributed by atoms with Gasteiger partial charge in [-0.1, -0.05) is 36.4 Å². The molecule has 6 nitrogen and oxygen atoms in total. The molecular formula is C22H27N3O3. The van der Waals surface area contributed by atoms with Crippen LogP contribution in [0.25, 0.3) is 11.0 Å². The standard InChI is InChI=1S/C22H27N3O3/c26-13-12-23-22-24-19-9-3-4-10-20(19)25(22)14-17(27)15-28-21-11-5-7-16-6-1-2-8-18(16)21/h1-4,6,8-10,17,21,26-27H,5,7,11-15H2,(H,23,24). The van der Waals surface area contributed by atoms with Gasteiger partial charge in [-0.3, -0.25) is 0 Å². The molecule has 0 saturated heterocycles. The van der Waals surface area contributed by atoms with E-state index in [4.69, 9.17) is 9.84 Å². The van der Waals surface area contributed by atoms with E-state index in [9.17, 15) is 5.11 Å². The van der Waals surface area contributed by atoms with Gasteiger partial charge in [0.25, 0.3) is 0 Å². The number of benzene rings is 2. The fraction of sp³-hybridized carbons (Fsp3) is 0.409. The molecule has 0 bridgehead atoms. The van der Waals surface area contributed by atoms with E-state index in [2.05, 4.69) is 28.5 Å². The van der Waals surface area contributed by atoms with Crippen LogP contribution in [-0.4, -0.2) is 45.6 Å². The molecule has 0 radical (unpaired) electrons. The van der Waals surface area contributed by atoms with Gasteiger partial charge in [0.15, 0.2) is 0 Å². The molecule has 3 aromatic rings. The second-order valence-corrected chi connectivity index (χ2v) is 7.25. The molecule has 3 N–H and O–H groups in total. The number of aliphatic hydroxyl groups excluding tert-OH is 2. The Morgan fingerprint density at radius 2 is 2.00 bits per heavy atom. The Hall–Kier alpha value is -2.41. The van der Waals surface area contributed by atoms with Crippen LogP contribution in [-0.2, 0) is 17.7 Å². The van der Waals surface area contributed by atoms with Crippen LogP contribution in [0.4, 0.5) is 5.95 Å². The number of para-hydroxylation sites is 2. The van der Waals surface area contributed by atoms with E-state index >= 15 is 0 Å². The fourth-order valence-electron chi connectivity index (χ4n) is 3.94. The lowest BCUT2D eigenvalue weighted by Crippen LogP contribution is -2.25. The third kappa shape index (κ3) is 4.04. The SMILES string of the molecule is OCCNc1nc2ccccc2n1CC(O)COC1CCCc2ccccc21. The first-order valence-corrected chi connectivity index (χ1v) is 9.93. The molecule has 6 heteroatoms. The Balaban J connectivity index is 1.45. The van der Waals surface area contributed by atoms with E-state index in [1.807, 2.05) is 34.9 Å². The van der Waals surface area contributed by atoms with Crippen molar-refractivity contribution in [2.45, 2.75) is 38.0 Å². The topological polar surface area (TPSA) is 79.5 Å². The number of nitrogens with zero attached hydrogens (tertiary/aromatic N) is 2. The summed E-state index contributed by atoms with van der Waals surface area (Å²) in [6.45, 7) is 1.08. The summed E-state index contributed by atoms with van der Waals surface area (Å²) in [4.78, 5) is 4.57. The lowest BCUT2D eigenvalue weighted by molar-refractivity contribution is -0.0220. The highest BCUT2D eigenvalue weighted by Gasteiger charge is 2.22. The molecule has 1 heterocycles. The number of hydrogen-bond donors (Lipinski definition) is 3. The molecule has 2 atom stereocenters. The van der Waals surface area contributed by atoms with Gasteiger partial charge in [-0.25, -0.2) is 4.98 Å². The van der Waals surface area contributed by atoms with Gasteiger partial charge in [0.05, 0.1) is 43.0 Å². The monoisotopic (exact) mass is 381 g/mol. The molecule has 0 aliphatic heterocycles. The Morgan fingerprint density at radius 1 is 1.18 bits per heavy atom. The maximum Gasteiger partial charge on any atom is 0.204 e. The largest absolute Gasteiger partial charge is 0.395 e. The normalized spacial score (nSPS) is 17.4. The van der Waals surface area contributed by atoms with E-state index in [0.29, 0.717) is 19.0 Å². The van der Waals surface area contributed by atoms with Gasteiger partial charge in [-0.2, -0.15) is 0 Å². The van der Waals surface area contributed by atoms with Crippen LogP contribution in [0.1, 0.15) is 30.1 Å². The number of imidazole rings is 1. The van der Waals surface area contributed by atoms with Gasteiger partial charge < -0.3 is 24.8 Å². The second kappa shape index (κ2) is 8.73. The molecule has 148 valence electrons. The molecule has 1 aromatic heterocycles. The smallest absolute Gasteiger partial charge is 0.204 e. The van der Waals surface area contributed by atoms with E-state index in [1.54, 1.807) is 0 Å². The minimum atomic E-state index is -0.652. The zero-order chi connectivity index (χ0) is 19.3. The van der Waals surface area contributed by atoms with Gasteiger partial charge in [0, 0.05) is 6.54 Å². The quantitative estimate of drug-likeness (QED) is 0.559. The number of aromatic nitrogens is 2. The zero-order valence-corrected chi connectivity index (χ0v) is 15.9. The summed E-state index contributed by atoms with van der Waals surface area (Å²) in [6.07, 6.45) is 2.59. The van der Waals surface area contributed by atoms with Crippen LogP contribution in [0.2, 0.25) is 0 Å². The van der Waals surface area contributed by atoms with Crippen LogP contribution in [0.15, 0.2) is 48.5 Å². The molecule has 2 aromatic carbocycles. The van der Waals surface area contributed by atoms with Crippen LogP contribution >= 0.6 is 0 Å². The summed E-state index contributed by atoms with van der Waals surface area (Å²) < 4.78 is 8.06. The average Bonchev–Trinajstić information content (AvgIpc) is 3.08. The lowest BCUT2D eigenvalue weighted by atomic mass is 9.89. The Labute approximate surface area is 164 Å². The summed E-state index contributed by atoms with van der Waals surface area (Å²) >= 11 is 0.